The number of aliphatic hydroxyl groups excluding tert-OH is 1. The van der Waals surface area contributed by atoms with E-state index in [4.69, 9.17) is 4.74 Å². The second-order valence-corrected chi connectivity index (χ2v) is 5.38. The number of piperidine rings is 2. The van der Waals surface area contributed by atoms with E-state index in [1.807, 2.05) is 0 Å². The maximum atomic E-state index is 11.8. The predicted octanol–water partition coefficient (Wildman–Crippen LogP) is 0.406. The summed E-state index contributed by atoms with van der Waals surface area (Å²) in [7, 11) is 1.39. The molecular weight excluding hydrogens is 268 g/mol. The molecule has 2 rings (SSSR count). The van der Waals surface area contributed by atoms with Gasteiger partial charge in [0, 0.05) is 6.54 Å². The highest BCUT2D eigenvalue weighted by molar-refractivity contribution is 5.85. The first-order chi connectivity index (χ1) is 8.72. The smallest absolute Gasteiger partial charge is 0.325 e. The molecule has 0 aromatic carbocycles. The van der Waals surface area contributed by atoms with Crippen molar-refractivity contribution >= 4 is 18.4 Å². The Bertz CT molecular complexity index is 285. The second-order valence-electron chi connectivity index (χ2n) is 5.38. The molecule has 2 aliphatic heterocycles. The van der Waals surface area contributed by atoms with Gasteiger partial charge in [-0.1, -0.05) is 0 Å². The number of carbonyl (C=O) groups excluding carboxylic acids is 1. The van der Waals surface area contributed by atoms with Gasteiger partial charge in [0.15, 0.2) is 0 Å². The number of likely N-dealkylation sites (tertiary alicyclic amines) is 1. The Morgan fingerprint density at radius 3 is 2.84 bits per heavy atom. The lowest BCUT2D eigenvalue weighted by Crippen LogP contribution is -2.55. The number of hydrogen-bond donors (Lipinski definition) is 2. The number of nitrogens with one attached hydrogen (secondary N) is 1. The van der Waals surface area contributed by atoms with Gasteiger partial charge < -0.3 is 15.2 Å². The van der Waals surface area contributed by atoms with Crippen LogP contribution >= 0.6 is 12.4 Å². The molecule has 0 aromatic rings. The Labute approximate surface area is 121 Å². The van der Waals surface area contributed by atoms with Crippen LogP contribution in [0.3, 0.4) is 0 Å². The summed E-state index contributed by atoms with van der Waals surface area (Å²) in [5, 5.41) is 13.4. The lowest BCUT2D eigenvalue weighted by molar-refractivity contribution is -0.154. The molecule has 0 amide bonds. The van der Waals surface area contributed by atoms with Gasteiger partial charge in [0.1, 0.15) is 6.04 Å². The number of nitrogens with zero attached hydrogens (tertiary/aromatic N) is 1. The monoisotopic (exact) mass is 292 g/mol. The molecule has 6 heteroatoms. The van der Waals surface area contributed by atoms with Gasteiger partial charge in [-0.3, -0.25) is 9.69 Å². The first-order valence-corrected chi connectivity index (χ1v) is 6.93. The molecule has 0 aromatic heterocycles. The largest absolute Gasteiger partial charge is 0.468 e. The molecule has 2 N–H and O–H groups in total. The van der Waals surface area contributed by atoms with Crippen molar-refractivity contribution in [1.29, 1.82) is 0 Å². The Hall–Kier alpha value is -0.360. The number of carbonyl (C=O) groups is 1. The second kappa shape index (κ2) is 8.04. The van der Waals surface area contributed by atoms with E-state index in [1.54, 1.807) is 0 Å². The Balaban J connectivity index is 0.00000180. The van der Waals surface area contributed by atoms with E-state index in [1.165, 1.54) is 20.0 Å². The number of rotatable bonds is 3. The van der Waals surface area contributed by atoms with Gasteiger partial charge in [0.2, 0.25) is 0 Å². The Morgan fingerprint density at radius 1 is 1.42 bits per heavy atom. The summed E-state index contributed by atoms with van der Waals surface area (Å²) in [5.74, 6) is 0.280. The molecular formula is C13H25ClN2O3. The zero-order valence-electron chi connectivity index (χ0n) is 11.5. The van der Waals surface area contributed by atoms with Crippen molar-refractivity contribution in [1.82, 2.24) is 10.2 Å². The molecule has 112 valence electrons. The SMILES string of the molecule is COC(=O)C1C(O)CCCN1CC1CCCNC1.Cl. The predicted molar refractivity (Wildman–Crippen MR) is 75.5 cm³/mol. The summed E-state index contributed by atoms with van der Waals surface area (Å²) in [5.41, 5.74) is 0. The fourth-order valence-corrected chi connectivity index (χ4v) is 3.09. The van der Waals surface area contributed by atoms with Crippen LogP contribution in [0.2, 0.25) is 0 Å². The van der Waals surface area contributed by atoms with Crippen molar-refractivity contribution in [2.75, 3.05) is 33.3 Å². The highest BCUT2D eigenvalue weighted by Gasteiger charge is 2.37. The third-order valence-electron chi connectivity index (χ3n) is 4.04. The standard InChI is InChI=1S/C13H24N2O3.ClH/c1-18-13(17)12-11(16)5-3-7-15(12)9-10-4-2-6-14-8-10;/h10-12,14,16H,2-9H2,1H3;1H. The van der Waals surface area contributed by atoms with Crippen LogP contribution in [0, 0.1) is 5.92 Å². The van der Waals surface area contributed by atoms with Crippen LogP contribution in [-0.2, 0) is 9.53 Å². The van der Waals surface area contributed by atoms with Crippen molar-refractivity contribution in [2.24, 2.45) is 5.92 Å². The Kier molecular flexibility index (Phi) is 7.07. The van der Waals surface area contributed by atoms with E-state index >= 15 is 0 Å². The van der Waals surface area contributed by atoms with Crippen molar-refractivity contribution < 1.29 is 14.6 Å². The van der Waals surface area contributed by atoms with Crippen molar-refractivity contribution in [2.45, 2.75) is 37.8 Å². The lowest BCUT2D eigenvalue weighted by Gasteiger charge is -2.39. The molecule has 2 heterocycles. The van der Waals surface area contributed by atoms with E-state index < -0.39 is 12.1 Å². The molecule has 0 spiro atoms. The molecule has 19 heavy (non-hydrogen) atoms. The van der Waals surface area contributed by atoms with Crippen LogP contribution in [0.25, 0.3) is 0 Å². The third-order valence-corrected chi connectivity index (χ3v) is 4.04. The minimum Gasteiger partial charge on any atom is -0.468 e. The molecule has 0 radical (unpaired) electrons. The minimum atomic E-state index is -0.581. The number of esters is 1. The van der Waals surface area contributed by atoms with Gasteiger partial charge in [-0.25, -0.2) is 0 Å². The third kappa shape index (κ3) is 4.31. The van der Waals surface area contributed by atoms with Crippen molar-refractivity contribution in [3.05, 3.63) is 0 Å². The number of aliphatic hydroxyl groups is 1. The normalized spacial score (nSPS) is 32.4. The van der Waals surface area contributed by atoms with E-state index in [9.17, 15) is 9.90 Å². The first-order valence-electron chi connectivity index (χ1n) is 6.93. The van der Waals surface area contributed by atoms with Gasteiger partial charge in [-0.2, -0.15) is 0 Å². The summed E-state index contributed by atoms with van der Waals surface area (Å²) in [4.78, 5) is 13.9. The quantitative estimate of drug-likeness (QED) is 0.738. The maximum Gasteiger partial charge on any atom is 0.325 e. The molecule has 2 fully saturated rings. The van der Waals surface area contributed by atoms with Gasteiger partial charge in [0.25, 0.3) is 0 Å². The minimum absolute atomic E-state index is 0. The van der Waals surface area contributed by atoms with Gasteiger partial charge in [0.05, 0.1) is 13.2 Å². The maximum absolute atomic E-state index is 11.8. The summed E-state index contributed by atoms with van der Waals surface area (Å²) < 4.78 is 4.82. The van der Waals surface area contributed by atoms with Gasteiger partial charge in [-0.05, 0) is 51.2 Å². The number of ether oxygens (including phenoxy) is 1. The van der Waals surface area contributed by atoms with E-state index in [-0.39, 0.29) is 18.4 Å². The summed E-state index contributed by atoms with van der Waals surface area (Å²) in [6.07, 6.45) is 3.47. The van der Waals surface area contributed by atoms with Gasteiger partial charge >= 0.3 is 5.97 Å². The zero-order chi connectivity index (χ0) is 13.0. The molecule has 3 atom stereocenters. The van der Waals surface area contributed by atoms with Crippen molar-refractivity contribution in [3.63, 3.8) is 0 Å². The molecule has 3 unspecified atom stereocenters. The fourth-order valence-electron chi connectivity index (χ4n) is 3.09. The highest BCUT2D eigenvalue weighted by atomic mass is 35.5. The molecule has 0 bridgehead atoms. The Morgan fingerprint density at radius 2 is 2.21 bits per heavy atom. The molecule has 2 aliphatic rings. The van der Waals surface area contributed by atoms with Crippen LogP contribution < -0.4 is 5.32 Å². The summed E-state index contributed by atoms with van der Waals surface area (Å²) >= 11 is 0. The van der Waals surface area contributed by atoms with Crippen LogP contribution in [0.4, 0.5) is 0 Å². The number of halogens is 1. The molecule has 0 saturated carbocycles. The molecule has 0 aliphatic carbocycles. The first kappa shape index (κ1) is 16.7. The number of methoxy groups -OCH3 is 1. The van der Waals surface area contributed by atoms with Crippen LogP contribution in [0.15, 0.2) is 0 Å². The molecule has 5 nitrogen and oxygen atoms in total. The average Bonchev–Trinajstić information content (AvgIpc) is 2.39. The fraction of sp³-hybridized carbons (Fsp3) is 0.923. The summed E-state index contributed by atoms with van der Waals surface area (Å²) in [6.45, 7) is 3.87. The lowest BCUT2D eigenvalue weighted by atomic mass is 9.94. The zero-order valence-corrected chi connectivity index (χ0v) is 12.3. The highest BCUT2D eigenvalue weighted by Crippen LogP contribution is 2.22. The number of hydrogen-bond acceptors (Lipinski definition) is 5. The van der Waals surface area contributed by atoms with E-state index in [0.717, 1.165) is 32.6 Å². The van der Waals surface area contributed by atoms with E-state index in [0.29, 0.717) is 12.3 Å². The molecule has 2 saturated heterocycles. The van der Waals surface area contributed by atoms with Crippen molar-refractivity contribution in [3.8, 4) is 0 Å². The van der Waals surface area contributed by atoms with Crippen LogP contribution in [0.1, 0.15) is 25.7 Å². The average molecular weight is 293 g/mol. The topological polar surface area (TPSA) is 61.8 Å². The summed E-state index contributed by atoms with van der Waals surface area (Å²) in [6, 6.07) is -0.467. The van der Waals surface area contributed by atoms with Crippen LogP contribution in [-0.4, -0.2) is 61.4 Å². The van der Waals surface area contributed by atoms with Gasteiger partial charge in [-0.15, -0.1) is 12.4 Å². The van der Waals surface area contributed by atoms with E-state index in [2.05, 4.69) is 10.2 Å². The van der Waals surface area contributed by atoms with Crippen LogP contribution in [0.5, 0.6) is 0 Å².